The largest absolute Gasteiger partial charge is 0.573 e. The lowest BCUT2D eigenvalue weighted by atomic mass is 10.1. The van der Waals surface area contributed by atoms with Crippen molar-refractivity contribution in [2.24, 2.45) is 0 Å². The molecule has 0 saturated heterocycles. The number of halogens is 3. The Kier molecular flexibility index (Phi) is 7.11. The maximum Gasteiger partial charge on any atom is 0.573 e. The smallest absolute Gasteiger partial charge is 0.406 e. The summed E-state index contributed by atoms with van der Waals surface area (Å²) in [6.45, 7) is 0. The number of amides is 1. The van der Waals surface area contributed by atoms with Crippen LogP contribution in [-0.4, -0.2) is 12.3 Å². The van der Waals surface area contributed by atoms with Crippen LogP contribution in [0.25, 0.3) is 0 Å². The summed E-state index contributed by atoms with van der Waals surface area (Å²) < 4.78 is 40.6. The van der Waals surface area contributed by atoms with Gasteiger partial charge < -0.3 is 15.5 Å². The summed E-state index contributed by atoms with van der Waals surface area (Å²) in [6.07, 6.45) is 1.62. The van der Waals surface area contributed by atoms with Crippen LogP contribution in [0.2, 0.25) is 0 Å². The van der Waals surface area contributed by atoms with E-state index in [1.807, 2.05) is 6.08 Å². The summed E-state index contributed by atoms with van der Waals surface area (Å²) in [6, 6.07) is 7.38. The molecule has 0 bridgehead atoms. The summed E-state index contributed by atoms with van der Waals surface area (Å²) in [5, 5.41) is 11.1. The van der Waals surface area contributed by atoms with E-state index in [0.717, 1.165) is 25.0 Å². The van der Waals surface area contributed by atoms with Crippen molar-refractivity contribution in [2.45, 2.75) is 38.5 Å². The monoisotopic (exact) mass is 380 g/mol. The first-order chi connectivity index (χ1) is 12.9. The van der Waals surface area contributed by atoms with Crippen LogP contribution in [0.1, 0.15) is 31.2 Å². The van der Waals surface area contributed by atoms with Gasteiger partial charge in [-0.05, 0) is 49.1 Å². The number of carbonyl (C=O) groups is 1. The van der Waals surface area contributed by atoms with E-state index in [0.29, 0.717) is 17.8 Å². The standard InChI is InChI=1S/C18H19F3N4O2/c19-18(20,21)27-15-7-4-5-13(11-15)12-17(26)23-16-9-8-14(24-25-16)6-2-1-3-10-22/h4-5,7-9,11,24-25H,1-3,6,12H2,(H,23,26). The van der Waals surface area contributed by atoms with Crippen LogP contribution >= 0.6 is 0 Å². The van der Waals surface area contributed by atoms with Crippen LogP contribution in [0.4, 0.5) is 13.2 Å². The molecule has 3 N–H and O–H groups in total. The first-order valence-corrected chi connectivity index (χ1v) is 8.30. The average molecular weight is 380 g/mol. The van der Waals surface area contributed by atoms with E-state index in [1.165, 1.54) is 18.2 Å². The van der Waals surface area contributed by atoms with Gasteiger partial charge in [-0.25, -0.2) is 0 Å². The van der Waals surface area contributed by atoms with E-state index in [2.05, 4.69) is 27.0 Å². The van der Waals surface area contributed by atoms with Crippen molar-refractivity contribution in [3.8, 4) is 11.8 Å². The molecule has 144 valence electrons. The fraction of sp³-hybridized carbons (Fsp3) is 0.333. The van der Waals surface area contributed by atoms with Crippen molar-refractivity contribution >= 4 is 5.91 Å². The Labute approximate surface area is 154 Å². The molecular weight excluding hydrogens is 361 g/mol. The zero-order chi connectivity index (χ0) is 19.7. The SMILES string of the molecule is N#CCCCCC1=CC=C(NC(=O)Cc2cccc(OC(F)(F)F)c2)NN1. The maximum absolute atomic E-state index is 12.2. The number of hydrogen-bond acceptors (Lipinski definition) is 5. The molecule has 6 nitrogen and oxygen atoms in total. The van der Waals surface area contributed by atoms with E-state index in [9.17, 15) is 18.0 Å². The molecule has 1 heterocycles. The lowest BCUT2D eigenvalue weighted by molar-refractivity contribution is -0.274. The second-order valence-corrected chi connectivity index (χ2v) is 5.81. The molecule has 1 aliphatic heterocycles. The third kappa shape index (κ3) is 7.73. The summed E-state index contributed by atoms with van der Waals surface area (Å²) in [7, 11) is 0. The lowest BCUT2D eigenvalue weighted by Crippen LogP contribution is -2.41. The molecule has 1 aromatic carbocycles. The Bertz CT molecular complexity index is 767. The van der Waals surface area contributed by atoms with Crippen LogP contribution in [0.3, 0.4) is 0 Å². The Morgan fingerprint density at radius 3 is 2.70 bits per heavy atom. The number of nitrogens with zero attached hydrogens (tertiary/aromatic N) is 1. The van der Waals surface area contributed by atoms with Gasteiger partial charge in [0.1, 0.15) is 11.6 Å². The summed E-state index contributed by atoms with van der Waals surface area (Å²) in [5.41, 5.74) is 7.12. The molecule has 1 aromatic rings. The van der Waals surface area contributed by atoms with Gasteiger partial charge in [0.05, 0.1) is 12.5 Å². The second kappa shape index (κ2) is 9.52. The lowest BCUT2D eigenvalue weighted by Gasteiger charge is -2.20. The number of nitrogens with one attached hydrogen (secondary N) is 3. The highest BCUT2D eigenvalue weighted by Crippen LogP contribution is 2.23. The van der Waals surface area contributed by atoms with E-state index in [4.69, 9.17) is 5.26 Å². The number of allylic oxidation sites excluding steroid dienone is 3. The van der Waals surface area contributed by atoms with Crippen LogP contribution in [-0.2, 0) is 11.2 Å². The van der Waals surface area contributed by atoms with E-state index >= 15 is 0 Å². The maximum atomic E-state index is 12.2. The zero-order valence-corrected chi connectivity index (χ0v) is 14.4. The van der Waals surface area contributed by atoms with Crippen LogP contribution in [0.5, 0.6) is 5.75 Å². The zero-order valence-electron chi connectivity index (χ0n) is 14.4. The Morgan fingerprint density at radius 1 is 1.22 bits per heavy atom. The predicted octanol–water partition coefficient (Wildman–Crippen LogP) is 3.16. The highest BCUT2D eigenvalue weighted by molar-refractivity contribution is 5.80. The molecular formula is C18H19F3N4O2. The molecule has 0 saturated carbocycles. The molecule has 1 amide bonds. The molecule has 0 atom stereocenters. The fourth-order valence-electron chi connectivity index (χ4n) is 2.39. The molecule has 1 aliphatic rings. The number of hydrazine groups is 1. The number of ether oxygens (including phenoxy) is 1. The first-order valence-electron chi connectivity index (χ1n) is 8.30. The van der Waals surface area contributed by atoms with Crippen molar-refractivity contribution < 1.29 is 22.7 Å². The Balaban J connectivity index is 1.84. The van der Waals surface area contributed by atoms with Crippen molar-refractivity contribution in [3.05, 3.63) is 53.5 Å². The fourth-order valence-corrected chi connectivity index (χ4v) is 2.39. The van der Waals surface area contributed by atoms with Crippen LogP contribution in [0.15, 0.2) is 47.9 Å². The van der Waals surface area contributed by atoms with Gasteiger partial charge in [-0.1, -0.05) is 12.1 Å². The minimum Gasteiger partial charge on any atom is -0.406 e. The van der Waals surface area contributed by atoms with E-state index in [1.54, 1.807) is 12.1 Å². The Morgan fingerprint density at radius 2 is 2.04 bits per heavy atom. The molecule has 0 unspecified atom stereocenters. The van der Waals surface area contributed by atoms with Gasteiger partial charge in [0.15, 0.2) is 0 Å². The van der Waals surface area contributed by atoms with Gasteiger partial charge in [0.2, 0.25) is 5.91 Å². The molecule has 27 heavy (non-hydrogen) atoms. The Hall–Kier alpha value is -3.15. The van der Waals surface area contributed by atoms with Gasteiger partial charge in [0.25, 0.3) is 0 Å². The summed E-state index contributed by atoms with van der Waals surface area (Å²) in [5.74, 6) is -0.317. The molecule has 0 spiro atoms. The quantitative estimate of drug-likeness (QED) is 0.603. The number of rotatable bonds is 8. The summed E-state index contributed by atoms with van der Waals surface area (Å²) in [4.78, 5) is 12.1. The van der Waals surface area contributed by atoms with E-state index in [-0.39, 0.29) is 18.1 Å². The van der Waals surface area contributed by atoms with Crippen molar-refractivity contribution in [2.75, 3.05) is 0 Å². The molecule has 0 aliphatic carbocycles. The molecule has 0 radical (unpaired) electrons. The molecule has 0 fully saturated rings. The normalized spacial score (nSPS) is 13.4. The average Bonchev–Trinajstić information content (AvgIpc) is 2.59. The van der Waals surface area contributed by atoms with Crippen LogP contribution < -0.4 is 20.9 Å². The number of carbonyl (C=O) groups excluding carboxylic acids is 1. The number of nitriles is 1. The molecule has 2 rings (SSSR count). The number of alkyl halides is 3. The van der Waals surface area contributed by atoms with Crippen molar-refractivity contribution in [3.63, 3.8) is 0 Å². The summed E-state index contributed by atoms with van der Waals surface area (Å²) >= 11 is 0. The highest BCUT2D eigenvalue weighted by atomic mass is 19.4. The third-order valence-electron chi connectivity index (χ3n) is 3.56. The molecule has 9 heteroatoms. The van der Waals surface area contributed by atoms with Crippen LogP contribution in [0, 0.1) is 11.3 Å². The third-order valence-corrected chi connectivity index (χ3v) is 3.56. The number of unbranched alkanes of at least 4 members (excludes halogenated alkanes) is 2. The van der Waals surface area contributed by atoms with Gasteiger partial charge in [-0.3, -0.25) is 10.2 Å². The minimum atomic E-state index is -4.78. The predicted molar refractivity (Wildman–Crippen MR) is 91.5 cm³/mol. The van der Waals surface area contributed by atoms with Gasteiger partial charge >= 0.3 is 6.36 Å². The minimum absolute atomic E-state index is 0.0984. The molecule has 0 aromatic heterocycles. The van der Waals surface area contributed by atoms with Gasteiger partial charge in [-0.2, -0.15) is 5.26 Å². The van der Waals surface area contributed by atoms with Crippen molar-refractivity contribution in [1.29, 1.82) is 5.26 Å². The number of hydrogen-bond donors (Lipinski definition) is 3. The second-order valence-electron chi connectivity index (χ2n) is 5.81. The van der Waals surface area contributed by atoms with Gasteiger partial charge in [0, 0.05) is 12.1 Å². The highest BCUT2D eigenvalue weighted by Gasteiger charge is 2.31. The van der Waals surface area contributed by atoms with E-state index < -0.39 is 6.36 Å². The first kappa shape index (κ1) is 20.2. The topological polar surface area (TPSA) is 86.2 Å². The van der Waals surface area contributed by atoms with Crippen molar-refractivity contribution in [1.82, 2.24) is 16.2 Å². The van der Waals surface area contributed by atoms with Gasteiger partial charge in [-0.15, -0.1) is 13.2 Å². The number of benzene rings is 1.